The minimum absolute atomic E-state index is 0.226. The molecule has 4 rings (SSSR count). The number of benzene rings is 2. The number of nitrogens with one attached hydrogen (secondary N) is 2. The van der Waals surface area contributed by atoms with Gasteiger partial charge in [0.25, 0.3) is 11.8 Å². The molecule has 0 fully saturated rings. The van der Waals surface area contributed by atoms with Crippen molar-refractivity contribution in [2.45, 2.75) is 13.5 Å². The minimum atomic E-state index is -0.614. The van der Waals surface area contributed by atoms with E-state index in [1.807, 2.05) is 37.3 Å². The largest absolute Gasteiger partial charge is 0.368 e. The Bertz CT molecular complexity index is 1380. The van der Waals surface area contributed by atoms with Crippen LogP contribution in [-0.4, -0.2) is 39.0 Å². The molecule has 0 aliphatic heterocycles. The van der Waals surface area contributed by atoms with Gasteiger partial charge in [-0.3, -0.25) is 19.1 Å². The van der Waals surface area contributed by atoms with Crippen LogP contribution in [0.25, 0.3) is 22.3 Å². The summed E-state index contributed by atoms with van der Waals surface area (Å²) in [5, 5.41) is 10.5. The van der Waals surface area contributed by atoms with Gasteiger partial charge < -0.3 is 16.4 Å². The second kappa shape index (κ2) is 9.53. The number of nitrogens with zero attached hydrogens (tertiary/aromatic N) is 3. The number of pyridine rings is 1. The molecule has 4 N–H and O–H groups in total. The molecule has 0 aliphatic rings. The molecule has 34 heavy (non-hydrogen) atoms. The second-order valence-electron chi connectivity index (χ2n) is 7.86. The summed E-state index contributed by atoms with van der Waals surface area (Å²) in [6.07, 6.45) is 0. The topological polar surface area (TPSA) is 132 Å². The van der Waals surface area contributed by atoms with Gasteiger partial charge in [-0.05, 0) is 30.7 Å². The highest BCUT2D eigenvalue weighted by Gasteiger charge is 2.19. The van der Waals surface area contributed by atoms with Crippen LogP contribution in [0.3, 0.4) is 0 Å². The molecule has 3 amide bonds. The minimum Gasteiger partial charge on any atom is -0.368 e. The molecule has 0 radical (unpaired) electrons. The first-order chi connectivity index (χ1) is 16.3. The van der Waals surface area contributed by atoms with E-state index in [2.05, 4.69) is 15.7 Å². The molecule has 0 spiro atoms. The predicted molar refractivity (Wildman–Crippen MR) is 128 cm³/mol. The fourth-order valence-corrected chi connectivity index (χ4v) is 3.70. The predicted octanol–water partition coefficient (Wildman–Crippen LogP) is 2.09. The molecule has 172 valence electrons. The van der Waals surface area contributed by atoms with Crippen molar-refractivity contribution in [3.63, 3.8) is 0 Å². The van der Waals surface area contributed by atoms with Gasteiger partial charge in [-0.2, -0.15) is 5.10 Å². The molecule has 0 atom stereocenters. The molecule has 9 nitrogen and oxygen atoms in total. The maximum Gasteiger partial charge on any atom is 0.252 e. The van der Waals surface area contributed by atoms with Crippen LogP contribution >= 0.6 is 0 Å². The third kappa shape index (κ3) is 4.78. The van der Waals surface area contributed by atoms with Crippen molar-refractivity contribution in [3.05, 3.63) is 83.0 Å². The summed E-state index contributed by atoms with van der Waals surface area (Å²) in [4.78, 5) is 40.8. The van der Waals surface area contributed by atoms with Crippen molar-refractivity contribution in [2.75, 3.05) is 6.54 Å². The third-order valence-electron chi connectivity index (χ3n) is 5.38. The third-order valence-corrected chi connectivity index (χ3v) is 5.38. The van der Waals surface area contributed by atoms with Crippen molar-refractivity contribution in [3.8, 4) is 11.3 Å². The normalized spacial score (nSPS) is 10.8. The summed E-state index contributed by atoms with van der Waals surface area (Å²) in [5.74, 6) is -1.25. The summed E-state index contributed by atoms with van der Waals surface area (Å²) in [7, 11) is 1.81. The number of fused-ring (bicyclic) bond motifs is 1. The molecular weight excluding hydrogens is 432 g/mol. The molecule has 0 saturated heterocycles. The van der Waals surface area contributed by atoms with Gasteiger partial charge in [-0.15, -0.1) is 0 Å². The number of rotatable bonds is 7. The van der Waals surface area contributed by atoms with E-state index >= 15 is 0 Å². The van der Waals surface area contributed by atoms with Crippen LogP contribution in [0, 0.1) is 6.92 Å². The Morgan fingerprint density at radius 1 is 0.971 bits per heavy atom. The highest BCUT2D eigenvalue weighted by atomic mass is 16.2. The van der Waals surface area contributed by atoms with E-state index in [1.165, 1.54) is 0 Å². The molecule has 2 aromatic heterocycles. The van der Waals surface area contributed by atoms with Gasteiger partial charge in [0.2, 0.25) is 5.91 Å². The SMILES string of the molecule is Cc1nn(C)c2nc(-c3ccccc3)cc(C(=O)NCc3ccc(C(=O)NCC(N)=O)cc3)c12. The lowest BCUT2D eigenvalue weighted by molar-refractivity contribution is -0.117. The molecule has 9 heteroatoms. The lowest BCUT2D eigenvalue weighted by atomic mass is 10.0. The average molecular weight is 457 g/mol. The van der Waals surface area contributed by atoms with E-state index in [0.29, 0.717) is 27.9 Å². The Labute approximate surface area is 196 Å². The number of aryl methyl sites for hydroxylation is 2. The van der Waals surface area contributed by atoms with Crippen LogP contribution < -0.4 is 16.4 Å². The van der Waals surface area contributed by atoms with Crippen LogP contribution in [-0.2, 0) is 18.4 Å². The van der Waals surface area contributed by atoms with Crippen molar-refractivity contribution in [1.82, 2.24) is 25.4 Å². The maximum absolute atomic E-state index is 13.2. The molecule has 0 unspecified atom stereocenters. The van der Waals surface area contributed by atoms with Crippen LogP contribution in [0.4, 0.5) is 0 Å². The van der Waals surface area contributed by atoms with Gasteiger partial charge in [0.1, 0.15) is 0 Å². The number of nitrogens with two attached hydrogens (primary N) is 1. The van der Waals surface area contributed by atoms with Crippen molar-refractivity contribution < 1.29 is 14.4 Å². The number of primary amides is 1. The Balaban J connectivity index is 1.55. The molecule has 4 aromatic rings. The molecule has 2 heterocycles. The fraction of sp³-hybridized carbons (Fsp3) is 0.160. The van der Waals surface area contributed by atoms with Crippen LogP contribution in [0.5, 0.6) is 0 Å². The van der Waals surface area contributed by atoms with E-state index in [-0.39, 0.29) is 19.0 Å². The fourth-order valence-electron chi connectivity index (χ4n) is 3.70. The second-order valence-corrected chi connectivity index (χ2v) is 7.86. The quantitative estimate of drug-likeness (QED) is 0.392. The van der Waals surface area contributed by atoms with Crippen LogP contribution in [0.2, 0.25) is 0 Å². The van der Waals surface area contributed by atoms with Gasteiger partial charge >= 0.3 is 0 Å². The van der Waals surface area contributed by atoms with Gasteiger partial charge in [-0.25, -0.2) is 4.98 Å². The van der Waals surface area contributed by atoms with Crippen molar-refractivity contribution in [1.29, 1.82) is 0 Å². The number of hydrogen-bond acceptors (Lipinski definition) is 5. The zero-order valence-corrected chi connectivity index (χ0v) is 18.8. The van der Waals surface area contributed by atoms with Crippen LogP contribution in [0.1, 0.15) is 32.0 Å². The molecule has 0 saturated carbocycles. The van der Waals surface area contributed by atoms with E-state index in [9.17, 15) is 14.4 Å². The Morgan fingerprint density at radius 2 is 1.68 bits per heavy atom. The number of amides is 3. The van der Waals surface area contributed by atoms with Crippen molar-refractivity contribution in [2.24, 2.45) is 12.8 Å². The molecule has 0 aliphatic carbocycles. The van der Waals surface area contributed by atoms with Crippen molar-refractivity contribution >= 4 is 28.8 Å². The van der Waals surface area contributed by atoms with E-state index in [0.717, 1.165) is 16.8 Å². The lowest BCUT2D eigenvalue weighted by Crippen LogP contribution is -2.33. The maximum atomic E-state index is 13.2. The number of aromatic nitrogens is 3. The van der Waals surface area contributed by atoms with Gasteiger partial charge in [0.15, 0.2) is 5.65 Å². The zero-order valence-electron chi connectivity index (χ0n) is 18.8. The number of hydrogen-bond donors (Lipinski definition) is 3. The molecular formula is C25H24N6O3. The standard InChI is InChI=1S/C25H24N6O3/c1-15-22-19(12-20(17-6-4-3-5-7-17)29-23(22)31(2)30-15)25(34)27-13-16-8-10-18(11-9-16)24(33)28-14-21(26)32/h3-12H,13-14H2,1-2H3,(H2,26,32)(H,27,34)(H,28,33). The monoisotopic (exact) mass is 456 g/mol. The zero-order chi connectivity index (χ0) is 24.2. The molecule has 2 aromatic carbocycles. The Hall–Kier alpha value is -4.53. The Kier molecular flexibility index (Phi) is 6.35. The first-order valence-corrected chi connectivity index (χ1v) is 10.7. The number of carbonyl (C=O) groups is 3. The Morgan fingerprint density at radius 3 is 2.35 bits per heavy atom. The first-order valence-electron chi connectivity index (χ1n) is 10.7. The smallest absolute Gasteiger partial charge is 0.252 e. The highest BCUT2D eigenvalue weighted by Crippen LogP contribution is 2.26. The van der Waals surface area contributed by atoms with Gasteiger partial charge in [0.05, 0.1) is 28.9 Å². The van der Waals surface area contributed by atoms with Gasteiger partial charge in [-0.1, -0.05) is 42.5 Å². The van der Waals surface area contributed by atoms with Crippen LogP contribution in [0.15, 0.2) is 60.7 Å². The summed E-state index contributed by atoms with van der Waals surface area (Å²) in [5.41, 5.74) is 9.70. The summed E-state index contributed by atoms with van der Waals surface area (Å²) < 4.78 is 1.68. The summed E-state index contributed by atoms with van der Waals surface area (Å²) in [6, 6.07) is 18.2. The summed E-state index contributed by atoms with van der Waals surface area (Å²) in [6.45, 7) is 1.90. The molecule has 0 bridgehead atoms. The van der Waals surface area contributed by atoms with E-state index in [1.54, 1.807) is 42.1 Å². The summed E-state index contributed by atoms with van der Waals surface area (Å²) >= 11 is 0. The van der Waals surface area contributed by atoms with Gasteiger partial charge in [0, 0.05) is 24.7 Å². The first kappa shape index (κ1) is 22.7. The average Bonchev–Trinajstić information content (AvgIpc) is 3.14. The highest BCUT2D eigenvalue weighted by molar-refractivity contribution is 6.07. The number of carbonyl (C=O) groups excluding carboxylic acids is 3. The van der Waals surface area contributed by atoms with E-state index in [4.69, 9.17) is 10.7 Å². The lowest BCUT2D eigenvalue weighted by Gasteiger charge is -2.10. The van der Waals surface area contributed by atoms with E-state index < -0.39 is 11.8 Å².